The van der Waals surface area contributed by atoms with E-state index in [-0.39, 0.29) is 23.6 Å². The number of amides is 1. The molecule has 5 rings (SSSR count). The summed E-state index contributed by atoms with van der Waals surface area (Å²) in [6.45, 7) is 0. The van der Waals surface area contributed by atoms with Gasteiger partial charge in [-0.3, -0.25) is 4.79 Å². The van der Waals surface area contributed by atoms with Gasteiger partial charge in [-0.2, -0.15) is 0 Å². The number of anilines is 1. The first-order valence-electron chi connectivity index (χ1n) is 8.60. The second-order valence-electron chi connectivity index (χ2n) is 6.61. The van der Waals surface area contributed by atoms with Crippen LogP contribution < -0.4 is 10.1 Å². The molecule has 1 amide bonds. The van der Waals surface area contributed by atoms with Crippen molar-refractivity contribution in [2.24, 2.45) is 5.92 Å². The molecular formula is C19H14F2N4O2S. The van der Waals surface area contributed by atoms with Gasteiger partial charge in [-0.05, 0) is 24.6 Å². The highest BCUT2D eigenvalue weighted by Gasteiger charge is 2.43. The Balaban J connectivity index is 1.57. The van der Waals surface area contributed by atoms with Crippen molar-refractivity contribution in [1.82, 2.24) is 15.0 Å². The largest absolute Gasteiger partial charge is 0.493 e. The van der Waals surface area contributed by atoms with E-state index in [1.165, 1.54) is 18.4 Å². The van der Waals surface area contributed by atoms with Crippen LogP contribution in [0.15, 0.2) is 29.9 Å². The topological polar surface area (TPSA) is 79.9 Å². The van der Waals surface area contributed by atoms with Crippen molar-refractivity contribution in [3.63, 3.8) is 0 Å². The molecule has 0 unspecified atom stereocenters. The summed E-state index contributed by atoms with van der Waals surface area (Å²) in [6.07, 6.45) is 0.905. The number of benzene rings is 1. The van der Waals surface area contributed by atoms with E-state index < -0.39 is 17.9 Å². The van der Waals surface area contributed by atoms with Crippen molar-refractivity contribution in [2.45, 2.75) is 12.6 Å². The molecule has 3 heterocycles. The predicted molar refractivity (Wildman–Crippen MR) is 103 cm³/mol. The Morgan fingerprint density at radius 2 is 2.21 bits per heavy atom. The molecule has 0 bridgehead atoms. The van der Waals surface area contributed by atoms with E-state index in [2.05, 4.69) is 20.3 Å². The summed E-state index contributed by atoms with van der Waals surface area (Å²) in [6, 6.07) is 5.25. The number of nitrogens with zero attached hydrogens (tertiary/aromatic N) is 2. The van der Waals surface area contributed by atoms with Gasteiger partial charge < -0.3 is 15.0 Å². The number of aromatic nitrogens is 3. The lowest BCUT2D eigenvalue weighted by molar-refractivity contribution is -0.117. The average Bonchev–Trinajstić information content (AvgIpc) is 3.07. The number of carbonyl (C=O) groups is 1. The summed E-state index contributed by atoms with van der Waals surface area (Å²) in [5, 5.41) is 3.37. The standard InChI is InChI=1S/C19H14F2N4O2S/c1-27-17-9(5-13-16(15(17)21)23-7-28-13)11-6-22-18-8(11)2-3-14(24-18)25-19(26)10-4-12(10)20/h2-3,5-7,10,12H,4H2,1H3,(H2,22,24,25,26)/t10-,12+/m1/s1. The highest BCUT2D eigenvalue weighted by Crippen LogP contribution is 2.41. The van der Waals surface area contributed by atoms with Gasteiger partial charge in [0.05, 0.1) is 23.2 Å². The smallest absolute Gasteiger partial charge is 0.231 e. The fraction of sp³-hybridized carbons (Fsp3) is 0.211. The minimum atomic E-state index is -1.06. The second kappa shape index (κ2) is 6.23. The molecule has 0 aliphatic heterocycles. The number of thiazole rings is 1. The number of carbonyl (C=O) groups excluding carboxylic acids is 1. The first-order valence-corrected chi connectivity index (χ1v) is 9.48. The number of alkyl halides is 1. The second-order valence-corrected chi connectivity index (χ2v) is 7.50. The van der Waals surface area contributed by atoms with Crippen LogP contribution in [0.1, 0.15) is 6.42 Å². The lowest BCUT2D eigenvalue weighted by Crippen LogP contribution is -2.15. The molecule has 142 valence electrons. The highest BCUT2D eigenvalue weighted by molar-refractivity contribution is 7.16. The van der Waals surface area contributed by atoms with Crippen LogP contribution >= 0.6 is 11.3 Å². The van der Waals surface area contributed by atoms with E-state index in [0.717, 1.165) is 10.9 Å². The van der Waals surface area contributed by atoms with Crippen molar-refractivity contribution in [2.75, 3.05) is 12.4 Å². The lowest BCUT2D eigenvalue weighted by atomic mass is 10.0. The normalized spacial score (nSPS) is 18.5. The summed E-state index contributed by atoms with van der Waals surface area (Å²) < 4.78 is 33.8. The van der Waals surface area contributed by atoms with E-state index in [0.29, 0.717) is 21.7 Å². The fourth-order valence-electron chi connectivity index (χ4n) is 3.30. The van der Waals surface area contributed by atoms with Crippen LogP contribution in [0.25, 0.3) is 32.4 Å². The third-order valence-electron chi connectivity index (χ3n) is 4.86. The molecule has 4 aromatic rings. The summed E-state index contributed by atoms with van der Waals surface area (Å²) >= 11 is 1.34. The molecule has 9 heteroatoms. The van der Waals surface area contributed by atoms with Gasteiger partial charge in [0.25, 0.3) is 0 Å². The first kappa shape index (κ1) is 17.1. The number of pyridine rings is 1. The van der Waals surface area contributed by atoms with E-state index in [1.54, 1.807) is 23.8 Å². The van der Waals surface area contributed by atoms with Gasteiger partial charge in [-0.15, -0.1) is 11.3 Å². The number of ether oxygens (including phenoxy) is 1. The van der Waals surface area contributed by atoms with Crippen molar-refractivity contribution < 1.29 is 18.3 Å². The number of aromatic amines is 1. The SMILES string of the molecule is COc1c(-c2c[nH]c3nc(NC(=O)[C@@H]4C[C@@H]4F)ccc23)cc2scnc2c1F. The molecule has 28 heavy (non-hydrogen) atoms. The summed E-state index contributed by atoms with van der Waals surface area (Å²) in [4.78, 5) is 23.4. The molecule has 6 nitrogen and oxygen atoms in total. The Morgan fingerprint density at radius 3 is 2.96 bits per heavy atom. The van der Waals surface area contributed by atoms with E-state index >= 15 is 0 Å². The van der Waals surface area contributed by atoms with Crippen LogP contribution in [0.2, 0.25) is 0 Å². The van der Waals surface area contributed by atoms with E-state index in [9.17, 15) is 13.6 Å². The minimum Gasteiger partial charge on any atom is -0.493 e. The third kappa shape index (κ3) is 2.62. The molecule has 1 aliphatic carbocycles. The molecule has 2 atom stereocenters. The molecule has 2 N–H and O–H groups in total. The molecule has 3 aromatic heterocycles. The van der Waals surface area contributed by atoms with Crippen LogP contribution in [0.3, 0.4) is 0 Å². The summed E-state index contributed by atoms with van der Waals surface area (Å²) in [5.41, 5.74) is 3.69. The third-order valence-corrected chi connectivity index (χ3v) is 5.63. The molecular weight excluding hydrogens is 386 g/mol. The number of hydrogen-bond acceptors (Lipinski definition) is 5. The number of hydrogen-bond donors (Lipinski definition) is 2. The number of H-pyrrole nitrogens is 1. The van der Waals surface area contributed by atoms with Crippen LogP contribution in [-0.2, 0) is 4.79 Å². The Morgan fingerprint density at radius 1 is 1.39 bits per heavy atom. The van der Waals surface area contributed by atoms with E-state index in [4.69, 9.17) is 4.74 Å². The monoisotopic (exact) mass is 400 g/mol. The number of halogens is 2. The van der Waals surface area contributed by atoms with Crippen molar-refractivity contribution in [3.05, 3.63) is 35.7 Å². The van der Waals surface area contributed by atoms with Gasteiger partial charge in [0.2, 0.25) is 5.91 Å². The number of rotatable bonds is 4. The van der Waals surface area contributed by atoms with Gasteiger partial charge in [-0.25, -0.2) is 18.7 Å². The van der Waals surface area contributed by atoms with Gasteiger partial charge in [0.15, 0.2) is 11.6 Å². The van der Waals surface area contributed by atoms with Crippen LogP contribution in [0, 0.1) is 11.7 Å². The highest BCUT2D eigenvalue weighted by atomic mass is 32.1. The van der Waals surface area contributed by atoms with Gasteiger partial charge in [0, 0.05) is 22.7 Å². The Kier molecular flexibility index (Phi) is 3.80. The number of fused-ring (bicyclic) bond motifs is 2. The van der Waals surface area contributed by atoms with Crippen LogP contribution in [-0.4, -0.2) is 34.1 Å². The lowest BCUT2D eigenvalue weighted by Gasteiger charge is -2.10. The molecule has 1 aliphatic rings. The van der Waals surface area contributed by atoms with Gasteiger partial charge in [-0.1, -0.05) is 0 Å². The molecule has 1 aromatic carbocycles. The zero-order chi connectivity index (χ0) is 19.4. The van der Waals surface area contributed by atoms with Crippen molar-refractivity contribution >= 4 is 44.3 Å². The van der Waals surface area contributed by atoms with E-state index in [1.807, 2.05) is 6.07 Å². The van der Waals surface area contributed by atoms with Gasteiger partial charge >= 0.3 is 0 Å². The zero-order valence-corrected chi connectivity index (χ0v) is 15.4. The zero-order valence-electron chi connectivity index (χ0n) is 14.6. The Labute approximate surface area is 161 Å². The fourth-order valence-corrected chi connectivity index (χ4v) is 4.01. The minimum absolute atomic E-state index is 0.111. The number of nitrogens with one attached hydrogen (secondary N) is 2. The molecule has 0 spiro atoms. The van der Waals surface area contributed by atoms with Crippen LogP contribution in [0.4, 0.5) is 14.6 Å². The Bertz CT molecular complexity index is 1240. The Hall–Kier alpha value is -3.07. The average molecular weight is 400 g/mol. The van der Waals surface area contributed by atoms with Crippen molar-refractivity contribution in [1.29, 1.82) is 0 Å². The van der Waals surface area contributed by atoms with Gasteiger partial charge in [0.1, 0.15) is 23.2 Å². The molecule has 1 saturated carbocycles. The molecule has 0 radical (unpaired) electrons. The van der Waals surface area contributed by atoms with Crippen molar-refractivity contribution in [3.8, 4) is 16.9 Å². The molecule has 0 saturated heterocycles. The molecule has 1 fully saturated rings. The van der Waals surface area contributed by atoms with Crippen LogP contribution in [0.5, 0.6) is 5.75 Å². The maximum absolute atomic E-state index is 14.8. The maximum atomic E-state index is 14.8. The first-order chi connectivity index (χ1) is 13.6. The summed E-state index contributed by atoms with van der Waals surface area (Å²) in [5.74, 6) is -1.02. The number of methoxy groups -OCH3 is 1. The maximum Gasteiger partial charge on any atom is 0.231 e. The summed E-state index contributed by atoms with van der Waals surface area (Å²) in [7, 11) is 1.41. The predicted octanol–water partition coefficient (Wildman–Crippen LogP) is 4.28. The quantitative estimate of drug-likeness (QED) is 0.536.